The number of nitrogens with zero attached hydrogens (tertiary/aromatic N) is 2. The lowest BCUT2D eigenvalue weighted by molar-refractivity contribution is -0.384. The fourth-order valence-electron chi connectivity index (χ4n) is 1.31. The molecule has 0 saturated heterocycles. The zero-order valence-corrected chi connectivity index (χ0v) is 9.47. The Morgan fingerprint density at radius 3 is 2.94 bits per heavy atom. The van der Waals surface area contributed by atoms with Gasteiger partial charge in [0.15, 0.2) is 0 Å². The van der Waals surface area contributed by atoms with E-state index in [2.05, 4.69) is 5.32 Å². The van der Waals surface area contributed by atoms with Gasteiger partial charge in [-0.1, -0.05) is 0 Å². The second-order valence-corrected chi connectivity index (χ2v) is 3.22. The van der Waals surface area contributed by atoms with Crippen LogP contribution in [0, 0.1) is 21.4 Å². The molecular weight excluding hydrogens is 222 g/mol. The number of nitriles is 1. The summed E-state index contributed by atoms with van der Waals surface area (Å²) in [5.41, 5.74) is 0.684. The molecule has 90 valence electrons. The van der Waals surface area contributed by atoms with Crippen LogP contribution < -0.4 is 5.32 Å². The summed E-state index contributed by atoms with van der Waals surface area (Å²) < 4.78 is 5.11. The van der Waals surface area contributed by atoms with Crippen LogP contribution in [0.4, 0.5) is 11.4 Å². The largest absolute Gasteiger partial charge is 0.380 e. The van der Waals surface area contributed by atoms with Crippen LogP contribution in [0.3, 0.4) is 0 Å². The first kappa shape index (κ1) is 12.9. The molecule has 1 aromatic rings. The second-order valence-electron chi connectivity index (χ2n) is 3.22. The number of nitro benzene ring substituents is 1. The minimum atomic E-state index is -0.482. The van der Waals surface area contributed by atoms with Crippen molar-refractivity contribution >= 4 is 11.4 Å². The smallest absolute Gasteiger partial charge is 0.292 e. The third-order valence-electron chi connectivity index (χ3n) is 2.09. The molecule has 0 unspecified atom stereocenters. The minimum absolute atomic E-state index is 0.0412. The Bertz CT molecular complexity index is 440. The van der Waals surface area contributed by atoms with Gasteiger partial charge in [0, 0.05) is 19.2 Å². The van der Waals surface area contributed by atoms with Crippen molar-refractivity contribution in [2.24, 2.45) is 0 Å². The molecule has 1 N–H and O–H groups in total. The Labute approximate surface area is 99.0 Å². The van der Waals surface area contributed by atoms with E-state index in [0.717, 1.165) is 0 Å². The van der Waals surface area contributed by atoms with Gasteiger partial charge in [-0.15, -0.1) is 0 Å². The quantitative estimate of drug-likeness (QED) is 0.462. The Morgan fingerprint density at radius 1 is 1.59 bits per heavy atom. The van der Waals surface area contributed by atoms with Crippen LogP contribution in [0.5, 0.6) is 0 Å². The molecular formula is C11H13N3O3. The number of nitrogens with one attached hydrogen (secondary N) is 1. The van der Waals surface area contributed by atoms with E-state index >= 15 is 0 Å². The maximum absolute atomic E-state index is 10.8. The summed E-state index contributed by atoms with van der Waals surface area (Å²) in [6, 6.07) is 6.15. The number of ether oxygens (including phenoxy) is 1. The van der Waals surface area contributed by atoms with Gasteiger partial charge in [0.2, 0.25) is 0 Å². The number of rotatable bonds is 6. The van der Waals surface area contributed by atoms with Crippen molar-refractivity contribution in [1.29, 1.82) is 5.26 Å². The average Bonchev–Trinajstić information content (AvgIpc) is 2.34. The van der Waals surface area contributed by atoms with Crippen molar-refractivity contribution in [3.63, 3.8) is 0 Å². The molecule has 6 heteroatoms. The molecule has 0 saturated carbocycles. The van der Waals surface area contributed by atoms with Crippen LogP contribution >= 0.6 is 0 Å². The summed E-state index contributed by atoms with van der Waals surface area (Å²) >= 11 is 0. The van der Waals surface area contributed by atoms with Crippen molar-refractivity contribution in [2.45, 2.75) is 6.92 Å². The van der Waals surface area contributed by atoms with Crippen molar-refractivity contribution in [3.8, 4) is 6.07 Å². The molecule has 0 aromatic heterocycles. The average molecular weight is 235 g/mol. The van der Waals surface area contributed by atoms with Crippen LogP contribution in [-0.4, -0.2) is 24.7 Å². The standard InChI is InChI=1S/C11H13N3O3/c1-2-17-6-5-13-10-7-9(8-12)3-4-11(10)14(15)16/h3-4,7,13H,2,5-6H2,1H3. The van der Waals surface area contributed by atoms with E-state index in [9.17, 15) is 10.1 Å². The van der Waals surface area contributed by atoms with E-state index in [0.29, 0.717) is 31.0 Å². The molecule has 0 aliphatic rings. The summed E-state index contributed by atoms with van der Waals surface area (Å²) in [5, 5.41) is 22.4. The molecule has 0 heterocycles. The lowest BCUT2D eigenvalue weighted by Crippen LogP contribution is -2.10. The van der Waals surface area contributed by atoms with Gasteiger partial charge in [-0.3, -0.25) is 10.1 Å². The number of hydrogen-bond donors (Lipinski definition) is 1. The topological polar surface area (TPSA) is 88.2 Å². The normalized spacial score (nSPS) is 9.65. The highest BCUT2D eigenvalue weighted by molar-refractivity contribution is 5.64. The van der Waals surface area contributed by atoms with Gasteiger partial charge in [0.1, 0.15) is 5.69 Å². The van der Waals surface area contributed by atoms with Crippen LogP contribution in [-0.2, 0) is 4.74 Å². The minimum Gasteiger partial charge on any atom is -0.380 e. The molecule has 1 aromatic carbocycles. The molecule has 0 aliphatic carbocycles. The predicted molar refractivity (Wildman–Crippen MR) is 62.8 cm³/mol. The first-order chi connectivity index (χ1) is 8.19. The zero-order chi connectivity index (χ0) is 12.7. The van der Waals surface area contributed by atoms with Gasteiger partial charge in [0.25, 0.3) is 5.69 Å². The maximum Gasteiger partial charge on any atom is 0.292 e. The van der Waals surface area contributed by atoms with E-state index in [4.69, 9.17) is 10.00 Å². The van der Waals surface area contributed by atoms with E-state index in [-0.39, 0.29) is 5.69 Å². The molecule has 0 aliphatic heterocycles. The fraction of sp³-hybridized carbons (Fsp3) is 0.364. The van der Waals surface area contributed by atoms with Gasteiger partial charge < -0.3 is 10.1 Å². The third-order valence-corrected chi connectivity index (χ3v) is 2.09. The predicted octanol–water partition coefficient (Wildman–Crippen LogP) is 1.91. The molecule has 0 radical (unpaired) electrons. The van der Waals surface area contributed by atoms with Gasteiger partial charge in [0.05, 0.1) is 23.2 Å². The lowest BCUT2D eigenvalue weighted by Gasteiger charge is -2.07. The molecule has 0 bridgehead atoms. The molecule has 6 nitrogen and oxygen atoms in total. The monoisotopic (exact) mass is 235 g/mol. The Balaban J connectivity index is 2.79. The first-order valence-corrected chi connectivity index (χ1v) is 5.19. The lowest BCUT2D eigenvalue weighted by atomic mass is 10.2. The SMILES string of the molecule is CCOCCNc1cc(C#N)ccc1[N+](=O)[O-]. The first-order valence-electron chi connectivity index (χ1n) is 5.19. The number of nitro groups is 1. The van der Waals surface area contributed by atoms with Crippen molar-refractivity contribution in [1.82, 2.24) is 0 Å². The van der Waals surface area contributed by atoms with E-state index < -0.39 is 4.92 Å². The highest BCUT2D eigenvalue weighted by Crippen LogP contribution is 2.24. The van der Waals surface area contributed by atoms with E-state index in [1.54, 1.807) is 0 Å². The van der Waals surface area contributed by atoms with E-state index in [1.165, 1.54) is 18.2 Å². The van der Waals surface area contributed by atoms with Crippen LogP contribution in [0.25, 0.3) is 0 Å². The zero-order valence-electron chi connectivity index (χ0n) is 9.47. The van der Waals surface area contributed by atoms with Crippen molar-refractivity contribution < 1.29 is 9.66 Å². The van der Waals surface area contributed by atoms with Crippen LogP contribution in [0.15, 0.2) is 18.2 Å². The van der Waals surface area contributed by atoms with E-state index in [1.807, 2.05) is 13.0 Å². The molecule has 0 spiro atoms. The summed E-state index contributed by atoms with van der Waals surface area (Å²) in [7, 11) is 0. The van der Waals surface area contributed by atoms with Crippen LogP contribution in [0.1, 0.15) is 12.5 Å². The number of benzene rings is 1. The summed E-state index contributed by atoms with van der Waals surface area (Å²) in [5.74, 6) is 0. The third kappa shape index (κ3) is 3.74. The fourth-order valence-corrected chi connectivity index (χ4v) is 1.31. The van der Waals surface area contributed by atoms with Crippen molar-refractivity contribution in [3.05, 3.63) is 33.9 Å². The van der Waals surface area contributed by atoms with Gasteiger partial charge in [-0.05, 0) is 19.1 Å². The number of anilines is 1. The molecule has 17 heavy (non-hydrogen) atoms. The van der Waals surface area contributed by atoms with Gasteiger partial charge in [-0.2, -0.15) is 5.26 Å². The Kier molecular flexibility index (Phi) is 4.91. The Morgan fingerprint density at radius 2 is 2.35 bits per heavy atom. The molecule has 1 rings (SSSR count). The maximum atomic E-state index is 10.8. The highest BCUT2D eigenvalue weighted by atomic mass is 16.6. The van der Waals surface area contributed by atoms with Gasteiger partial charge >= 0.3 is 0 Å². The number of hydrogen-bond acceptors (Lipinski definition) is 5. The van der Waals surface area contributed by atoms with Crippen molar-refractivity contribution in [2.75, 3.05) is 25.1 Å². The Hall–Kier alpha value is -2.13. The van der Waals surface area contributed by atoms with Crippen LogP contribution in [0.2, 0.25) is 0 Å². The van der Waals surface area contributed by atoms with Gasteiger partial charge in [-0.25, -0.2) is 0 Å². The molecule has 0 amide bonds. The summed E-state index contributed by atoms with van der Waals surface area (Å²) in [4.78, 5) is 10.3. The summed E-state index contributed by atoms with van der Waals surface area (Å²) in [6.45, 7) is 3.40. The molecule has 0 fully saturated rings. The highest BCUT2D eigenvalue weighted by Gasteiger charge is 2.13. The second kappa shape index (κ2) is 6.45. The molecule has 0 atom stereocenters. The summed E-state index contributed by atoms with van der Waals surface area (Å²) in [6.07, 6.45) is 0.